The van der Waals surface area contributed by atoms with Crippen molar-refractivity contribution in [3.05, 3.63) is 81.3 Å². The molecular formula is C22H21ClN2O5. The molecule has 3 aromatic rings. The van der Waals surface area contributed by atoms with Gasteiger partial charge in [0.2, 0.25) is 0 Å². The molecule has 7 nitrogen and oxygen atoms in total. The lowest BCUT2D eigenvalue weighted by Gasteiger charge is -2.16. The fourth-order valence-electron chi connectivity index (χ4n) is 3.07. The number of hydrogen-bond acceptors (Lipinski definition) is 5. The van der Waals surface area contributed by atoms with Crippen LogP contribution in [0.15, 0.2) is 59.5 Å². The monoisotopic (exact) mass is 428 g/mol. The van der Waals surface area contributed by atoms with Gasteiger partial charge in [0, 0.05) is 16.5 Å². The number of aromatic nitrogens is 2. The van der Waals surface area contributed by atoms with Crippen LogP contribution in [-0.2, 0) is 16.1 Å². The zero-order chi connectivity index (χ0) is 21.7. The standard InChI is InChI=1S/C22H21ClN2O5/c1-14(30-9-3-4-21(26)27)18-10-16(23)11-19-20(18)12-24-25(22(19)28)13-15-5-7-17(29-2)8-6-15/h3-8,10-12,14H,9,13H2,1-2H3,(H,26,27)/b4-3+. The lowest BCUT2D eigenvalue weighted by Crippen LogP contribution is -2.23. The summed E-state index contributed by atoms with van der Waals surface area (Å²) in [5, 5.41) is 14.5. The molecule has 0 amide bonds. The number of benzene rings is 2. The summed E-state index contributed by atoms with van der Waals surface area (Å²) in [5.74, 6) is -0.303. The van der Waals surface area contributed by atoms with Crippen molar-refractivity contribution in [3.63, 3.8) is 0 Å². The van der Waals surface area contributed by atoms with Gasteiger partial charge >= 0.3 is 5.97 Å². The van der Waals surface area contributed by atoms with E-state index in [0.29, 0.717) is 27.9 Å². The second-order valence-electron chi connectivity index (χ2n) is 6.63. The van der Waals surface area contributed by atoms with Gasteiger partial charge in [0.05, 0.1) is 37.9 Å². The lowest BCUT2D eigenvalue weighted by atomic mass is 10.0. The molecule has 0 bridgehead atoms. The Hall–Kier alpha value is -3.16. The van der Waals surface area contributed by atoms with Crippen LogP contribution in [0, 0.1) is 0 Å². The van der Waals surface area contributed by atoms with Crippen LogP contribution in [0.4, 0.5) is 0 Å². The SMILES string of the molecule is COc1ccc(Cn2ncc3c(C(C)OC/C=C/C(=O)O)cc(Cl)cc3c2=O)cc1. The van der Waals surface area contributed by atoms with Crippen molar-refractivity contribution < 1.29 is 19.4 Å². The maximum Gasteiger partial charge on any atom is 0.328 e. The van der Waals surface area contributed by atoms with Crippen LogP contribution < -0.4 is 10.3 Å². The summed E-state index contributed by atoms with van der Waals surface area (Å²) in [7, 11) is 1.60. The fourth-order valence-corrected chi connectivity index (χ4v) is 3.30. The summed E-state index contributed by atoms with van der Waals surface area (Å²) in [5.41, 5.74) is 1.36. The molecule has 0 aliphatic rings. The Morgan fingerprint density at radius 1 is 1.27 bits per heavy atom. The average Bonchev–Trinajstić information content (AvgIpc) is 2.73. The minimum atomic E-state index is -1.04. The van der Waals surface area contributed by atoms with Crippen LogP contribution in [0.3, 0.4) is 0 Å². The van der Waals surface area contributed by atoms with E-state index in [0.717, 1.165) is 17.4 Å². The van der Waals surface area contributed by atoms with Gasteiger partial charge in [-0.15, -0.1) is 0 Å². The van der Waals surface area contributed by atoms with Crippen molar-refractivity contribution in [3.8, 4) is 5.75 Å². The largest absolute Gasteiger partial charge is 0.497 e. The molecule has 0 fully saturated rings. The first-order chi connectivity index (χ1) is 14.4. The van der Waals surface area contributed by atoms with E-state index in [4.69, 9.17) is 26.2 Å². The molecule has 0 saturated carbocycles. The van der Waals surface area contributed by atoms with Gasteiger partial charge in [-0.3, -0.25) is 4.79 Å². The van der Waals surface area contributed by atoms with Crippen LogP contribution in [0.2, 0.25) is 5.02 Å². The number of methoxy groups -OCH3 is 1. The minimum Gasteiger partial charge on any atom is -0.497 e. The van der Waals surface area contributed by atoms with Crippen molar-refractivity contribution in [2.45, 2.75) is 19.6 Å². The van der Waals surface area contributed by atoms with Crippen molar-refractivity contribution in [2.24, 2.45) is 0 Å². The summed E-state index contributed by atoms with van der Waals surface area (Å²) in [6.07, 6.45) is 3.63. The number of nitrogens with zero attached hydrogens (tertiary/aromatic N) is 2. The number of rotatable bonds is 8. The molecule has 30 heavy (non-hydrogen) atoms. The molecule has 8 heteroatoms. The van der Waals surface area contributed by atoms with Gasteiger partial charge in [-0.2, -0.15) is 5.10 Å². The lowest BCUT2D eigenvalue weighted by molar-refractivity contribution is -0.131. The summed E-state index contributed by atoms with van der Waals surface area (Å²) >= 11 is 6.26. The van der Waals surface area contributed by atoms with Gasteiger partial charge in [0.25, 0.3) is 5.56 Å². The molecule has 1 aromatic heterocycles. The van der Waals surface area contributed by atoms with Crippen LogP contribution in [0.1, 0.15) is 24.2 Å². The predicted octanol–water partition coefficient (Wildman–Crippen LogP) is 3.83. The Morgan fingerprint density at radius 3 is 2.67 bits per heavy atom. The molecule has 1 unspecified atom stereocenters. The molecular weight excluding hydrogens is 408 g/mol. The molecule has 2 aromatic carbocycles. The summed E-state index contributed by atoms with van der Waals surface area (Å²) in [6.45, 7) is 2.23. The second-order valence-corrected chi connectivity index (χ2v) is 7.06. The molecule has 156 valence electrons. The first-order valence-corrected chi connectivity index (χ1v) is 9.60. The van der Waals surface area contributed by atoms with Crippen molar-refractivity contribution in [1.29, 1.82) is 0 Å². The maximum atomic E-state index is 13.0. The van der Waals surface area contributed by atoms with Crippen molar-refractivity contribution in [1.82, 2.24) is 9.78 Å². The number of hydrogen-bond donors (Lipinski definition) is 1. The fraction of sp³-hybridized carbons (Fsp3) is 0.227. The summed E-state index contributed by atoms with van der Waals surface area (Å²) in [4.78, 5) is 23.6. The van der Waals surface area contributed by atoms with Crippen molar-refractivity contribution in [2.75, 3.05) is 13.7 Å². The van der Waals surface area contributed by atoms with Crippen LogP contribution in [0.5, 0.6) is 5.75 Å². The number of carboxylic acid groups (broad SMARTS) is 1. The van der Waals surface area contributed by atoms with E-state index in [1.807, 2.05) is 31.2 Å². The Balaban J connectivity index is 1.91. The van der Waals surface area contributed by atoms with Crippen molar-refractivity contribution >= 4 is 28.3 Å². The zero-order valence-corrected chi connectivity index (χ0v) is 17.3. The molecule has 0 aliphatic heterocycles. The van der Waals surface area contributed by atoms with Gasteiger partial charge in [-0.05, 0) is 42.3 Å². The quantitative estimate of drug-likeness (QED) is 0.548. The van der Waals surface area contributed by atoms with E-state index in [9.17, 15) is 9.59 Å². The molecule has 1 N–H and O–H groups in total. The highest BCUT2D eigenvalue weighted by molar-refractivity contribution is 6.31. The van der Waals surface area contributed by atoms with Crippen LogP contribution in [0.25, 0.3) is 10.8 Å². The highest BCUT2D eigenvalue weighted by Crippen LogP contribution is 2.28. The van der Waals surface area contributed by atoms with E-state index >= 15 is 0 Å². The molecule has 0 saturated heterocycles. The van der Waals surface area contributed by atoms with E-state index in [-0.39, 0.29) is 12.2 Å². The highest BCUT2D eigenvalue weighted by atomic mass is 35.5. The van der Waals surface area contributed by atoms with Gasteiger partial charge in [0.1, 0.15) is 5.75 Å². The number of fused-ring (bicyclic) bond motifs is 1. The first kappa shape index (κ1) is 21.5. The molecule has 0 radical (unpaired) electrons. The molecule has 3 rings (SSSR count). The zero-order valence-electron chi connectivity index (χ0n) is 16.5. The Kier molecular flexibility index (Phi) is 6.87. The van der Waals surface area contributed by atoms with Crippen LogP contribution in [-0.4, -0.2) is 34.6 Å². The number of ether oxygens (including phenoxy) is 2. The highest BCUT2D eigenvalue weighted by Gasteiger charge is 2.15. The topological polar surface area (TPSA) is 90.7 Å². The Labute approximate surface area is 178 Å². The first-order valence-electron chi connectivity index (χ1n) is 9.22. The normalized spacial score (nSPS) is 12.4. The Morgan fingerprint density at radius 2 is 2.00 bits per heavy atom. The molecule has 0 spiro atoms. The third-order valence-electron chi connectivity index (χ3n) is 4.60. The van der Waals surface area contributed by atoms with Gasteiger partial charge in [0.15, 0.2) is 0 Å². The molecule has 1 heterocycles. The van der Waals surface area contributed by atoms with Gasteiger partial charge in [-0.25, -0.2) is 9.48 Å². The third kappa shape index (κ3) is 5.06. The van der Waals surface area contributed by atoms with Gasteiger partial charge in [-0.1, -0.05) is 29.8 Å². The minimum absolute atomic E-state index is 0.115. The number of halogens is 1. The van der Waals surface area contributed by atoms with Gasteiger partial charge < -0.3 is 14.6 Å². The number of carbonyl (C=O) groups is 1. The number of carboxylic acids is 1. The molecule has 0 aliphatic carbocycles. The average molecular weight is 429 g/mol. The third-order valence-corrected chi connectivity index (χ3v) is 4.82. The maximum absolute atomic E-state index is 13.0. The predicted molar refractivity (Wildman–Crippen MR) is 114 cm³/mol. The van der Waals surface area contributed by atoms with E-state index in [2.05, 4.69) is 5.10 Å². The molecule has 1 atom stereocenters. The van der Waals surface area contributed by atoms with E-state index in [1.165, 1.54) is 10.8 Å². The summed E-state index contributed by atoms with van der Waals surface area (Å²) < 4.78 is 12.2. The van der Waals surface area contributed by atoms with E-state index < -0.39 is 12.1 Å². The number of aliphatic carboxylic acids is 1. The smallest absolute Gasteiger partial charge is 0.328 e. The Bertz CT molecular complexity index is 1140. The summed E-state index contributed by atoms with van der Waals surface area (Å²) in [6, 6.07) is 10.8. The van der Waals surface area contributed by atoms with Crippen LogP contribution >= 0.6 is 11.6 Å². The second kappa shape index (κ2) is 9.56. The van der Waals surface area contributed by atoms with E-state index in [1.54, 1.807) is 25.4 Å².